The molecule has 1 aliphatic rings. The van der Waals surface area contributed by atoms with Crippen molar-refractivity contribution in [3.63, 3.8) is 0 Å². The fraction of sp³-hybridized carbons (Fsp3) is 0.312. The molecule has 1 aromatic carbocycles. The van der Waals surface area contributed by atoms with Crippen LogP contribution in [0.15, 0.2) is 29.3 Å². The van der Waals surface area contributed by atoms with Gasteiger partial charge in [-0.1, -0.05) is 0 Å². The summed E-state index contributed by atoms with van der Waals surface area (Å²) in [5, 5.41) is 0. The first-order valence-corrected chi connectivity index (χ1v) is 9.17. The zero-order valence-corrected chi connectivity index (χ0v) is 15.1. The SMILES string of the molecule is COc1ccc(S(=O)(=O)N2CCc3cnc(C(N)=O)nc3C2)cc1OC. The summed E-state index contributed by atoms with van der Waals surface area (Å²) < 4.78 is 37.6. The van der Waals surface area contributed by atoms with E-state index in [1.54, 1.807) is 0 Å². The van der Waals surface area contributed by atoms with Crippen LogP contribution in [-0.2, 0) is 23.0 Å². The summed E-state index contributed by atoms with van der Waals surface area (Å²) in [6.07, 6.45) is 1.96. The first-order valence-electron chi connectivity index (χ1n) is 7.73. The number of benzene rings is 1. The molecule has 138 valence electrons. The number of hydrogen-bond acceptors (Lipinski definition) is 7. The van der Waals surface area contributed by atoms with E-state index in [0.717, 1.165) is 5.56 Å². The van der Waals surface area contributed by atoms with Crippen molar-refractivity contribution in [3.8, 4) is 11.5 Å². The van der Waals surface area contributed by atoms with Crippen LogP contribution in [0.1, 0.15) is 21.9 Å². The van der Waals surface area contributed by atoms with Crippen molar-refractivity contribution in [2.75, 3.05) is 20.8 Å². The van der Waals surface area contributed by atoms with Gasteiger partial charge in [-0.05, 0) is 24.1 Å². The van der Waals surface area contributed by atoms with Gasteiger partial charge in [0, 0.05) is 18.8 Å². The lowest BCUT2D eigenvalue weighted by Crippen LogP contribution is -2.37. The highest BCUT2D eigenvalue weighted by Gasteiger charge is 2.30. The highest BCUT2D eigenvalue weighted by molar-refractivity contribution is 7.89. The first kappa shape index (κ1) is 18.1. The summed E-state index contributed by atoms with van der Waals surface area (Å²) in [4.78, 5) is 19.3. The first-order chi connectivity index (χ1) is 12.4. The summed E-state index contributed by atoms with van der Waals surface area (Å²) in [7, 11) is -0.860. The van der Waals surface area contributed by atoms with Crippen molar-refractivity contribution in [1.29, 1.82) is 0 Å². The number of methoxy groups -OCH3 is 2. The van der Waals surface area contributed by atoms with E-state index in [0.29, 0.717) is 23.6 Å². The predicted molar refractivity (Wildman–Crippen MR) is 91.4 cm³/mol. The Morgan fingerprint density at radius 1 is 1.23 bits per heavy atom. The van der Waals surface area contributed by atoms with E-state index in [2.05, 4.69) is 9.97 Å². The summed E-state index contributed by atoms with van der Waals surface area (Å²) in [6.45, 7) is 0.317. The van der Waals surface area contributed by atoms with Crippen LogP contribution in [0.2, 0.25) is 0 Å². The zero-order chi connectivity index (χ0) is 18.9. The molecule has 0 atom stereocenters. The van der Waals surface area contributed by atoms with Gasteiger partial charge in [0.1, 0.15) is 0 Å². The second-order valence-electron chi connectivity index (χ2n) is 5.64. The molecule has 2 N–H and O–H groups in total. The Bertz CT molecular complexity index is 961. The van der Waals surface area contributed by atoms with E-state index in [4.69, 9.17) is 15.2 Å². The highest BCUT2D eigenvalue weighted by atomic mass is 32.2. The number of rotatable bonds is 5. The molecule has 26 heavy (non-hydrogen) atoms. The van der Waals surface area contributed by atoms with Gasteiger partial charge in [0.15, 0.2) is 11.5 Å². The summed E-state index contributed by atoms with van der Waals surface area (Å²) in [6, 6.07) is 4.41. The molecule has 1 aliphatic heterocycles. The topological polar surface area (TPSA) is 125 Å². The number of fused-ring (bicyclic) bond motifs is 1. The van der Waals surface area contributed by atoms with Crippen molar-refractivity contribution >= 4 is 15.9 Å². The lowest BCUT2D eigenvalue weighted by Gasteiger charge is -2.27. The largest absolute Gasteiger partial charge is 0.493 e. The Morgan fingerprint density at radius 2 is 1.96 bits per heavy atom. The molecule has 0 unspecified atom stereocenters. The van der Waals surface area contributed by atoms with Gasteiger partial charge >= 0.3 is 0 Å². The fourth-order valence-corrected chi connectivity index (χ4v) is 4.15. The average Bonchev–Trinajstić information content (AvgIpc) is 2.66. The molecule has 2 heterocycles. The van der Waals surface area contributed by atoms with Crippen LogP contribution < -0.4 is 15.2 Å². The number of aromatic nitrogens is 2. The Labute approximate surface area is 150 Å². The van der Waals surface area contributed by atoms with Crippen molar-refractivity contribution in [2.45, 2.75) is 17.9 Å². The molecule has 1 amide bonds. The fourth-order valence-electron chi connectivity index (χ4n) is 2.73. The van der Waals surface area contributed by atoms with Crippen molar-refractivity contribution in [1.82, 2.24) is 14.3 Å². The van der Waals surface area contributed by atoms with Crippen molar-refractivity contribution in [3.05, 3.63) is 41.5 Å². The number of ether oxygens (including phenoxy) is 2. The normalized spacial score (nSPS) is 14.5. The predicted octanol–water partition coefficient (Wildman–Crippen LogP) is 0.340. The Balaban J connectivity index is 1.94. The van der Waals surface area contributed by atoms with E-state index in [-0.39, 0.29) is 23.8 Å². The number of sulfonamides is 1. The van der Waals surface area contributed by atoms with Gasteiger partial charge < -0.3 is 15.2 Å². The maximum Gasteiger partial charge on any atom is 0.286 e. The van der Waals surface area contributed by atoms with E-state index >= 15 is 0 Å². The van der Waals surface area contributed by atoms with Crippen LogP contribution in [0.4, 0.5) is 0 Å². The van der Waals surface area contributed by atoms with Gasteiger partial charge in [-0.25, -0.2) is 18.4 Å². The van der Waals surface area contributed by atoms with E-state index in [1.807, 2.05) is 0 Å². The minimum Gasteiger partial charge on any atom is -0.493 e. The molecule has 0 saturated carbocycles. The third kappa shape index (κ3) is 3.20. The van der Waals surface area contributed by atoms with E-state index in [1.165, 1.54) is 42.9 Å². The monoisotopic (exact) mass is 378 g/mol. The van der Waals surface area contributed by atoms with Crippen LogP contribution in [-0.4, -0.2) is 49.4 Å². The van der Waals surface area contributed by atoms with Crippen LogP contribution in [0.25, 0.3) is 0 Å². The van der Waals surface area contributed by atoms with Gasteiger partial charge in [-0.15, -0.1) is 0 Å². The molecule has 0 bridgehead atoms. The number of carbonyl (C=O) groups is 1. The molecule has 3 rings (SSSR count). The molecular weight excluding hydrogens is 360 g/mol. The maximum absolute atomic E-state index is 13.0. The lowest BCUT2D eigenvalue weighted by molar-refractivity contribution is 0.0990. The standard InChI is InChI=1S/C16H18N4O5S/c1-24-13-4-3-11(7-14(13)25-2)26(22,23)20-6-5-10-8-18-16(15(17)21)19-12(10)9-20/h3-4,7-8H,5-6,9H2,1-2H3,(H2,17,21). The van der Waals surface area contributed by atoms with Crippen LogP contribution in [0.5, 0.6) is 11.5 Å². The second-order valence-corrected chi connectivity index (χ2v) is 7.57. The second kappa shape index (κ2) is 6.89. The maximum atomic E-state index is 13.0. The number of hydrogen-bond donors (Lipinski definition) is 1. The third-order valence-corrected chi connectivity index (χ3v) is 5.97. The van der Waals surface area contributed by atoms with E-state index < -0.39 is 15.9 Å². The van der Waals surface area contributed by atoms with E-state index in [9.17, 15) is 13.2 Å². The smallest absolute Gasteiger partial charge is 0.286 e. The summed E-state index contributed by atoms with van der Waals surface area (Å²) in [5.74, 6) is -0.125. The summed E-state index contributed by atoms with van der Waals surface area (Å²) >= 11 is 0. The quantitative estimate of drug-likeness (QED) is 0.795. The van der Waals surface area contributed by atoms with Crippen LogP contribution >= 0.6 is 0 Å². The highest BCUT2D eigenvalue weighted by Crippen LogP contribution is 2.31. The molecule has 0 fully saturated rings. The number of carbonyl (C=O) groups excluding carboxylic acids is 1. The van der Waals surface area contributed by atoms with Crippen molar-refractivity contribution in [2.24, 2.45) is 5.73 Å². The third-order valence-electron chi connectivity index (χ3n) is 4.12. The molecule has 2 aromatic rings. The Morgan fingerprint density at radius 3 is 2.62 bits per heavy atom. The summed E-state index contributed by atoms with van der Waals surface area (Å²) in [5.41, 5.74) is 6.47. The molecule has 0 saturated heterocycles. The van der Waals surface area contributed by atoms with Gasteiger partial charge in [-0.2, -0.15) is 4.31 Å². The van der Waals surface area contributed by atoms with Gasteiger partial charge in [0.05, 0.1) is 31.4 Å². The van der Waals surface area contributed by atoms with Crippen LogP contribution in [0, 0.1) is 0 Å². The Kier molecular flexibility index (Phi) is 4.79. The molecule has 1 aromatic heterocycles. The minimum absolute atomic E-state index is 0.0365. The number of amides is 1. The number of nitrogens with two attached hydrogens (primary N) is 1. The van der Waals surface area contributed by atoms with Crippen molar-refractivity contribution < 1.29 is 22.7 Å². The van der Waals surface area contributed by atoms with Gasteiger partial charge in [0.25, 0.3) is 5.91 Å². The molecule has 10 heteroatoms. The minimum atomic E-state index is -3.77. The molecule has 0 radical (unpaired) electrons. The zero-order valence-electron chi connectivity index (χ0n) is 14.3. The Hall–Kier alpha value is -2.72. The molecular formula is C16H18N4O5S. The molecule has 9 nitrogen and oxygen atoms in total. The van der Waals surface area contributed by atoms with Gasteiger partial charge in [0.2, 0.25) is 15.8 Å². The average molecular weight is 378 g/mol. The number of nitrogens with zero attached hydrogens (tertiary/aromatic N) is 3. The molecule has 0 aliphatic carbocycles. The van der Waals surface area contributed by atoms with Crippen LogP contribution in [0.3, 0.4) is 0 Å². The number of primary amides is 1. The van der Waals surface area contributed by atoms with Gasteiger partial charge in [-0.3, -0.25) is 4.79 Å². The molecule has 0 spiro atoms. The lowest BCUT2D eigenvalue weighted by atomic mass is 10.1.